The van der Waals surface area contributed by atoms with E-state index in [9.17, 15) is 0 Å². The molecule has 0 amide bonds. The van der Waals surface area contributed by atoms with E-state index >= 15 is 0 Å². The van der Waals surface area contributed by atoms with Crippen molar-refractivity contribution in [1.82, 2.24) is 14.5 Å². The molecule has 3 nitrogen and oxygen atoms in total. The Hall–Kier alpha value is -1.61. The summed E-state index contributed by atoms with van der Waals surface area (Å²) >= 11 is 0. The van der Waals surface area contributed by atoms with Crippen molar-refractivity contribution in [2.24, 2.45) is 5.92 Å². The van der Waals surface area contributed by atoms with Gasteiger partial charge in [0.1, 0.15) is 0 Å². The van der Waals surface area contributed by atoms with Crippen LogP contribution in [0.4, 0.5) is 0 Å². The quantitative estimate of drug-likeness (QED) is 0.837. The molecule has 0 N–H and O–H groups in total. The van der Waals surface area contributed by atoms with Crippen LogP contribution < -0.4 is 0 Å². The van der Waals surface area contributed by atoms with E-state index in [0.29, 0.717) is 0 Å². The van der Waals surface area contributed by atoms with Gasteiger partial charge in [0.2, 0.25) is 0 Å². The molecule has 0 radical (unpaired) electrons. The molecular formula is C16H21N3. The summed E-state index contributed by atoms with van der Waals surface area (Å²) in [7, 11) is 0. The summed E-state index contributed by atoms with van der Waals surface area (Å²) in [6, 6.07) is 10.9. The van der Waals surface area contributed by atoms with E-state index in [1.54, 1.807) is 0 Å². The number of benzene rings is 1. The van der Waals surface area contributed by atoms with Crippen molar-refractivity contribution >= 4 is 0 Å². The van der Waals surface area contributed by atoms with Gasteiger partial charge in [0.05, 0.1) is 13.0 Å². The van der Waals surface area contributed by atoms with Gasteiger partial charge in [0.25, 0.3) is 0 Å². The fraction of sp³-hybridized carbons (Fsp3) is 0.438. The van der Waals surface area contributed by atoms with Crippen molar-refractivity contribution in [2.75, 3.05) is 13.1 Å². The van der Waals surface area contributed by atoms with Gasteiger partial charge in [0, 0.05) is 25.5 Å². The maximum absolute atomic E-state index is 4.09. The Morgan fingerprint density at radius 2 is 1.89 bits per heavy atom. The fourth-order valence-electron chi connectivity index (χ4n) is 2.88. The molecule has 0 atom stereocenters. The first-order chi connectivity index (χ1) is 9.40. The fourth-order valence-corrected chi connectivity index (χ4v) is 2.88. The Bertz CT molecular complexity index is 470. The van der Waals surface area contributed by atoms with E-state index in [2.05, 4.69) is 44.8 Å². The molecule has 0 unspecified atom stereocenters. The minimum atomic E-state index is 0.849. The van der Waals surface area contributed by atoms with Crippen molar-refractivity contribution in [1.29, 1.82) is 0 Å². The molecule has 100 valence electrons. The van der Waals surface area contributed by atoms with Crippen LogP contribution in [0.25, 0.3) is 0 Å². The topological polar surface area (TPSA) is 21.1 Å². The highest BCUT2D eigenvalue weighted by Gasteiger charge is 2.19. The van der Waals surface area contributed by atoms with E-state index in [4.69, 9.17) is 0 Å². The van der Waals surface area contributed by atoms with Crippen molar-refractivity contribution < 1.29 is 0 Å². The lowest BCUT2D eigenvalue weighted by molar-refractivity contribution is 0.147. The molecule has 1 aromatic carbocycles. The summed E-state index contributed by atoms with van der Waals surface area (Å²) in [4.78, 5) is 6.61. The van der Waals surface area contributed by atoms with Crippen LogP contribution in [0.2, 0.25) is 0 Å². The molecule has 0 aliphatic carbocycles. The molecule has 2 heterocycles. The van der Waals surface area contributed by atoms with Crippen LogP contribution in [-0.4, -0.2) is 27.5 Å². The van der Waals surface area contributed by atoms with Crippen LogP contribution in [0, 0.1) is 5.92 Å². The highest BCUT2D eigenvalue weighted by atomic mass is 15.3. The summed E-state index contributed by atoms with van der Waals surface area (Å²) in [6.45, 7) is 3.39. The molecule has 1 aliphatic rings. The second-order valence-electron chi connectivity index (χ2n) is 5.47. The molecule has 0 bridgehead atoms. The second kappa shape index (κ2) is 6.02. The molecule has 1 aromatic heterocycles. The van der Waals surface area contributed by atoms with Gasteiger partial charge < -0.3 is 4.57 Å². The van der Waals surface area contributed by atoms with Crippen LogP contribution in [0.1, 0.15) is 18.4 Å². The van der Waals surface area contributed by atoms with Crippen LogP contribution in [-0.2, 0) is 13.1 Å². The van der Waals surface area contributed by atoms with Gasteiger partial charge in [-0.1, -0.05) is 30.3 Å². The molecule has 1 aliphatic heterocycles. The molecule has 3 rings (SSSR count). The van der Waals surface area contributed by atoms with Gasteiger partial charge in [-0.2, -0.15) is 0 Å². The molecule has 2 aromatic rings. The van der Waals surface area contributed by atoms with Crippen molar-refractivity contribution in [3.8, 4) is 0 Å². The van der Waals surface area contributed by atoms with E-state index < -0.39 is 0 Å². The Morgan fingerprint density at radius 3 is 2.58 bits per heavy atom. The Morgan fingerprint density at radius 1 is 1.11 bits per heavy atom. The zero-order chi connectivity index (χ0) is 12.9. The number of piperidine rings is 1. The largest absolute Gasteiger partial charge is 0.324 e. The SMILES string of the molecule is c1ccc(CC2CCN(Cn3ccnc3)CC2)cc1. The van der Waals surface area contributed by atoms with E-state index in [1.165, 1.54) is 37.9 Å². The molecule has 0 spiro atoms. The highest BCUT2D eigenvalue weighted by Crippen LogP contribution is 2.21. The predicted octanol–water partition coefficient (Wildman–Crippen LogP) is 2.80. The average molecular weight is 255 g/mol. The summed E-state index contributed by atoms with van der Waals surface area (Å²) in [6.07, 6.45) is 9.64. The molecule has 0 saturated carbocycles. The summed E-state index contributed by atoms with van der Waals surface area (Å²) in [5, 5.41) is 0. The monoisotopic (exact) mass is 255 g/mol. The van der Waals surface area contributed by atoms with Crippen LogP contribution in [0.15, 0.2) is 49.1 Å². The zero-order valence-electron chi connectivity index (χ0n) is 11.3. The average Bonchev–Trinajstić information content (AvgIpc) is 2.95. The highest BCUT2D eigenvalue weighted by molar-refractivity contribution is 5.15. The summed E-state index contributed by atoms with van der Waals surface area (Å²) in [5.41, 5.74) is 1.48. The first kappa shape index (κ1) is 12.4. The number of rotatable bonds is 4. The first-order valence-corrected chi connectivity index (χ1v) is 7.12. The smallest absolute Gasteiger partial charge is 0.0956 e. The van der Waals surface area contributed by atoms with Gasteiger partial charge in [-0.15, -0.1) is 0 Å². The van der Waals surface area contributed by atoms with E-state index in [0.717, 1.165) is 12.6 Å². The van der Waals surface area contributed by atoms with Crippen LogP contribution in [0.5, 0.6) is 0 Å². The lowest BCUT2D eigenvalue weighted by atomic mass is 9.90. The first-order valence-electron chi connectivity index (χ1n) is 7.12. The van der Waals surface area contributed by atoms with Crippen LogP contribution in [0.3, 0.4) is 0 Å². The maximum Gasteiger partial charge on any atom is 0.0956 e. The third-order valence-electron chi connectivity index (χ3n) is 4.00. The Kier molecular flexibility index (Phi) is 3.94. The third-order valence-corrected chi connectivity index (χ3v) is 4.00. The van der Waals surface area contributed by atoms with Gasteiger partial charge in [-0.05, 0) is 30.7 Å². The number of hydrogen-bond donors (Lipinski definition) is 0. The number of likely N-dealkylation sites (tertiary alicyclic amines) is 1. The second-order valence-corrected chi connectivity index (χ2v) is 5.47. The normalized spacial score (nSPS) is 17.7. The zero-order valence-corrected chi connectivity index (χ0v) is 11.3. The molecular weight excluding hydrogens is 234 g/mol. The molecule has 1 fully saturated rings. The Labute approximate surface area is 114 Å². The van der Waals surface area contributed by atoms with Crippen LogP contribution >= 0.6 is 0 Å². The Balaban J connectivity index is 1.47. The van der Waals surface area contributed by atoms with Gasteiger partial charge in [0.15, 0.2) is 0 Å². The van der Waals surface area contributed by atoms with Crippen molar-refractivity contribution in [3.05, 3.63) is 54.6 Å². The van der Waals surface area contributed by atoms with Crippen molar-refractivity contribution in [3.63, 3.8) is 0 Å². The number of imidazole rings is 1. The van der Waals surface area contributed by atoms with Gasteiger partial charge in [-0.3, -0.25) is 4.90 Å². The minimum Gasteiger partial charge on any atom is -0.324 e. The van der Waals surface area contributed by atoms with Crippen molar-refractivity contribution in [2.45, 2.75) is 25.9 Å². The van der Waals surface area contributed by atoms with E-state index in [1.807, 2.05) is 18.7 Å². The predicted molar refractivity (Wildman–Crippen MR) is 76.7 cm³/mol. The summed E-state index contributed by atoms with van der Waals surface area (Å²) in [5.74, 6) is 0.849. The third kappa shape index (κ3) is 3.44. The molecule has 3 heteroatoms. The molecule has 1 saturated heterocycles. The number of aromatic nitrogens is 2. The summed E-state index contributed by atoms with van der Waals surface area (Å²) < 4.78 is 2.15. The van der Waals surface area contributed by atoms with E-state index in [-0.39, 0.29) is 0 Å². The minimum absolute atomic E-state index is 0.849. The lowest BCUT2D eigenvalue weighted by Crippen LogP contribution is -2.35. The standard InChI is InChI=1S/C16H21N3/c1-2-4-15(5-3-1)12-16-6-9-18(10-7-16)14-19-11-8-17-13-19/h1-5,8,11,13,16H,6-7,9-10,12,14H2. The maximum atomic E-state index is 4.09. The number of nitrogens with zero attached hydrogens (tertiary/aromatic N) is 3. The van der Waals surface area contributed by atoms with Gasteiger partial charge >= 0.3 is 0 Å². The number of hydrogen-bond acceptors (Lipinski definition) is 2. The van der Waals surface area contributed by atoms with Gasteiger partial charge in [-0.25, -0.2) is 4.98 Å². The molecule has 19 heavy (non-hydrogen) atoms. The lowest BCUT2D eigenvalue weighted by Gasteiger charge is -2.32.